The molecule has 1 aromatic heterocycles. The molecule has 34 heavy (non-hydrogen) atoms. The molecule has 186 valence electrons. The maximum absolute atomic E-state index is 14.7. The summed E-state index contributed by atoms with van der Waals surface area (Å²) < 4.78 is 85.9. The summed E-state index contributed by atoms with van der Waals surface area (Å²) in [5.74, 6) is -4.38. The van der Waals surface area contributed by atoms with Crippen molar-refractivity contribution in [3.63, 3.8) is 0 Å². The number of nitrogens with zero attached hydrogens (tertiary/aromatic N) is 2. The SMILES string of the molecule is O=C(COc1ccc(Cl)cc1)N[C@@H]1CO[C@@H](c2nnc(C3CC(OC(F)(F)F)C3)o2)CC1(F)F. The van der Waals surface area contributed by atoms with Gasteiger partial charge in [-0.3, -0.25) is 9.53 Å². The van der Waals surface area contributed by atoms with Crippen LogP contribution < -0.4 is 10.1 Å². The molecule has 14 heteroatoms. The van der Waals surface area contributed by atoms with E-state index in [4.69, 9.17) is 25.5 Å². The summed E-state index contributed by atoms with van der Waals surface area (Å²) in [5.41, 5.74) is 0. The van der Waals surface area contributed by atoms with Gasteiger partial charge in [0.05, 0.1) is 12.7 Å². The third-order valence-electron chi connectivity index (χ3n) is 5.43. The van der Waals surface area contributed by atoms with Gasteiger partial charge >= 0.3 is 6.36 Å². The van der Waals surface area contributed by atoms with Crippen molar-refractivity contribution in [1.29, 1.82) is 0 Å². The predicted octanol–water partition coefficient (Wildman–Crippen LogP) is 4.17. The number of hydrogen-bond donors (Lipinski definition) is 1. The van der Waals surface area contributed by atoms with Crippen LogP contribution in [0, 0.1) is 0 Å². The normalized spacial score (nSPS) is 26.5. The largest absolute Gasteiger partial charge is 0.522 e. The van der Waals surface area contributed by atoms with Crippen molar-refractivity contribution < 1.29 is 45.4 Å². The molecule has 2 atom stereocenters. The van der Waals surface area contributed by atoms with Gasteiger partial charge in [-0.2, -0.15) is 0 Å². The van der Waals surface area contributed by atoms with E-state index in [0.717, 1.165) is 0 Å². The first kappa shape index (κ1) is 24.6. The summed E-state index contributed by atoms with van der Waals surface area (Å²) in [6, 6.07) is 4.58. The molecule has 1 saturated carbocycles. The Bertz CT molecular complexity index is 997. The average molecular weight is 512 g/mol. The Morgan fingerprint density at radius 1 is 1.18 bits per heavy atom. The molecule has 0 bridgehead atoms. The summed E-state index contributed by atoms with van der Waals surface area (Å²) in [6.07, 6.45) is -7.75. The van der Waals surface area contributed by atoms with Crippen LogP contribution in [0.25, 0.3) is 0 Å². The molecule has 2 aromatic rings. The minimum Gasteiger partial charge on any atom is -0.484 e. The lowest BCUT2D eigenvalue weighted by Crippen LogP contribution is -2.55. The van der Waals surface area contributed by atoms with Crippen molar-refractivity contribution in [3.05, 3.63) is 41.1 Å². The molecule has 2 aliphatic rings. The first-order valence-corrected chi connectivity index (χ1v) is 10.6. The van der Waals surface area contributed by atoms with E-state index in [1.807, 2.05) is 0 Å². The maximum atomic E-state index is 14.7. The Balaban J connectivity index is 1.26. The van der Waals surface area contributed by atoms with Crippen LogP contribution in [-0.4, -0.2) is 53.7 Å². The Hall–Kier alpha value is -2.51. The molecule has 0 radical (unpaired) electrons. The number of rotatable bonds is 7. The molecular weight excluding hydrogens is 493 g/mol. The minimum atomic E-state index is -4.73. The highest BCUT2D eigenvalue weighted by Gasteiger charge is 2.49. The van der Waals surface area contributed by atoms with Gasteiger partial charge in [0.25, 0.3) is 11.8 Å². The summed E-state index contributed by atoms with van der Waals surface area (Å²) >= 11 is 5.75. The molecule has 1 aromatic carbocycles. The first-order chi connectivity index (χ1) is 16.0. The number of alkyl halides is 5. The van der Waals surface area contributed by atoms with Crippen LogP contribution in [0.4, 0.5) is 22.0 Å². The van der Waals surface area contributed by atoms with Crippen molar-refractivity contribution in [1.82, 2.24) is 15.5 Å². The van der Waals surface area contributed by atoms with Gasteiger partial charge in [-0.25, -0.2) is 8.78 Å². The number of benzene rings is 1. The smallest absolute Gasteiger partial charge is 0.484 e. The average Bonchev–Trinajstić information content (AvgIpc) is 3.20. The highest BCUT2D eigenvalue weighted by atomic mass is 35.5. The second-order valence-corrected chi connectivity index (χ2v) is 8.42. The van der Waals surface area contributed by atoms with Crippen LogP contribution >= 0.6 is 11.6 Å². The zero-order valence-corrected chi connectivity index (χ0v) is 18.1. The Labute approximate surface area is 194 Å². The molecule has 2 heterocycles. The van der Waals surface area contributed by atoms with Gasteiger partial charge in [0.1, 0.15) is 17.9 Å². The molecule has 0 unspecified atom stereocenters. The Morgan fingerprint density at radius 3 is 2.50 bits per heavy atom. The number of carbonyl (C=O) groups is 1. The highest BCUT2D eigenvalue weighted by molar-refractivity contribution is 6.30. The lowest BCUT2D eigenvalue weighted by molar-refractivity contribution is -0.352. The molecule has 1 aliphatic heterocycles. The Kier molecular flexibility index (Phi) is 6.97. The van der Waals surface area contributed by atoms with Crippen LogP contribution in [0.15, 0.2) is 28.7 Å². The van der Waals surface area contributed by atoms with Crippen molar-refractivity contribution in [3.8, 4) is 5.75 Å². The van der Waals surface area contributed by atoms with E-state index in [9.17, 15) is 26.7 Å². The molecule has 0 spiro atoms. The lowest BCUT2D eigenvalue weighted by Gasteiger charge is -2.35. The maximum Gasteiger partial charge on any atom is 0.522 e. The quantitative estimate of drug-likeness (QED) is 0.557. The number of hydrogen-bond acceptors (Lipinski definition) is 7. The second-order valence-electron chi connectivity index (χ2n) is 7.98. The lowest BCUT2D eigenvalue weighted by atomic mass is 9.82. The van der Waals surface area contributed by atoms with E-state index in [2.05, 4.69) is 20.3 Å². The monoisotopic (exact) mass is 511 g/mol. The van der Waals surface area contributed by atoms with Gasteiger partial charge in [0.15, 0.2) is 6.61 Å². The van der Waals surface area contributed by atoms with Gasteiger partial charge in [0, 0.05) is 17.4 Å². The zero-order chi connectivity index (χ0) is 24.5. The van der Waals surface area contributed by atoms with Crippen molar-refractivity contribution in [2.24, 2.45) is 0 Å². The number of nitrogens with one attached hydrogen (secondary N) is 1. The van der Waals surface area contributed by atoms with Crippen LogP contribution in [0.2, 0.25) is 5.02 Å². The third kappa shape index (κ3) is 6.13. The molecular formula is C20H19ClF5N3O5. The number of halogens is 6. The van der Waals surface area contributed by atoms with E-state index in [-0.39, 0.29) is 24.6 Å². The standard InChI is InChI=1S/C20H19ClF5N3O5/c21-11-1-3-12(4-2-11)31-9-16(30)27-15-8-32-14(7-19(15,22)23)18-29-28-17(33-18)10-5-13(6-10)34-20(24,25)26/h1-4,10,13-15H,5-9H2,(H,27,30)/t10?,13?,14-,15-/m1/s1. The molecule has 4 rings (SSSR count). The predicted molar refractivity (Wildman–Crippen MR) is 104 cm³/mol. The second kappa shape index (κ2) is 9.62. The van der Waals surface area contributed by atoms with Crippen LogP contribution in [-0.2, 0) is 14.3 Å². The van der Waals surface area contributed by atoms with Crippen LogP contribution in [0.3, 0.4) is 0 Å². The van der Waals surface area contributed by atoms with Crippen LogP contribution in [0.1, 0.15) is 43.1 Å². The third-order valence-corrected chi connectivity index (χ3v) is 5.68. The number of aromatic nitrogens is 2. The molecule has 1 N–H and O–H groups in total. The van der Waals surface area contributed by atoms with Gasteiger partial charge in [-0.1, -0.05) is 11.6 Å². The first-order valence-electron chi connectivity index (χ1n) is 10.2. The summed E-state index contributed by atoms with van der Waals surface area (Å²) in [7, 11) is 0. The molecule has 1 amide bonds. The highest BCUT2D eigenvalue weighted by Crippen LogP contribution is 2.42. The van der Waals surface area contributed by atoms with E-state index >= 15 is 0 Å². The van der Waals surface area contributed by atoms with Crippen molar-refractivity contribution >= 4 is 17.5 Å². The number of amides is 1. The number of carbonyl (C=O) groups excluding carboxylic acids is 1. The van der Waals surface area contributed by atoms with Gasteiger partial charge in [0.2, 0.25) is 11.8 Å². The van der Waals surface area contributed by atoms with Gasteiger partial charge in [-0.15, -0.1) is 23.4 Å². The fraction of sp³-hybridized carbons (Fsp3) is 0.550. The Morgan fingerprint density at radius 2 is 1.85 bits per heavy atom. The van der Waals surface area contributed by atoms with Crippen molar-refractivity contribution in [2.45, 2.75) is 55.7 Å². The molecule has 1 aliphatic carbocycles. The summed E-state index contributed by atoms with van der Waals surface area (Å²) in [6.45, 7) is -1.00. The summed E-state index contributed by atoms with van der Waals surface area (Å²) in [5, 5.41) is 10.1. The van der Waals surface area contributed by atoms with E-state index in [1.54, 1.807) is 12.1 Å². The van der Waals surface area contributed by atoms with E-state index in [0.29, 0.717) is 10.8 Å². The fourth-order valence-corrected chi connectivity index (χ4v) is 3.72. The van der Waals surface area contributed by atoms with Crippen LogP contribution in [0.5, 0.6) is 5.75 Å². The summed E-state index contributed by atoms with van der Waals surface area (Å²) in [4.78, 5) is 12.0. The molecule has 2 fully saturated rings. The number of ether oxygens (including phenoxy) is 3. The van der Waals surface area contributed by atoms with E-state index < -0.39 is 62.0 Å². The minimum absolute atomic E-state index is 0.0228. The fourth-order valence-electron chi connectivity index (χ4n) is 3.60. The van der Waals surface area contributed by atoms with Gasteiger partial charge < -0.3 is 19.2 Å². The molecule has 8 nitrogen and oxygen atoms in total. The topological polar surface area (TPSA) is 95.7 Å². The van der Waals surface area contributed by atoms with Gasteiger partial charge in [-0.05, 0) is 37.1 Å². The van der Waals surface area contributed by atoms with E-state index in [1.165, 1.54) is 12.1 Å². The zero-order valence-electron chi connectivity index (χ0n) is 17.4. The molecule has 1 saturated heterocycles. The van der Waals surface area contributed by atoms with Crippen molar-refractivity contribution in [2.75, 3.05) is 13.2 Å².